The number of rotatable bonds is 3. The van der Waals surface area contributed by atoms with Crippen LogP contribution in [-0.4, -0.2) is 53.3 Å². The Labute approximate surface area is 135 Å². The third-order valence-corrected chi connectivity index (χ3v) is 4.43. The fourth-order valence-corrected chi connectivity index (χ4v) is 3.55. The number of carbonyl (C=O) groups is 2. The van der Waals surface area contributed by atoms with E-state index in [1.54, 1.807) is 6.07 Å². The number of fused-ring (bicyclic) bond motifs is 1. The molecule has 0 saturated carbocycles. The average Bonchev–Trinajstić information content (AvgIpc) is 2.89. The van der Waals surface area contributed by atoms with E-state index < -0.39 is 0 Å². The number of piperazine rings is 1. The van der Waals surface area contributed by atoms with Crippen LogP contribution >= 0.6 is 0 Å². The molecule has 2 aliphatic rings. The summed E-state index contributed by atoms with van der Waals surface area (Å²) >= 11 is 0. The SMILES string of the molecule is CC(=O)N[C@H]1C[C@H]2CN(Cc3cccc(C#N)c3)CC(=O)N2C1. The lowest BCUT2D eigenvalue weighted by atomic mass is 10.1. The van der Waals surface area contributed by atoms with Gasteiger partial charge in [-0.15, -0.1) is 0 Å². The van der Waals surface area contributed by atoms with Gasteiger partial charge in [-0.2, -0.15) is 5.26 Å². The van der Waals surface area contributed by atoms with Gasteiger partial charge >= 0.3 is 0 Å². The Morgan fingerprint density at radius 1 is 1.43 bits per heavy atom. The molecule has 2 amide bonds. The molecular weight excluding hydrogens is 292 g/mol. The number of amides is 2. The zero-order chi connectivity index (χ0) is 16.4. The molecule has 0 aromatic heterocycles. The van der Waals surface area contributed by atoms with Gasteiger partial charge in [0.2, 0.25) is 11.8 Å². The van der Waals surface area contributed by atoms with E-state index in [1.165, 1.54) is 6.92 Å². The highest BCUT2D eigenvalue weighted by Crippen LogP contribution is 2.24. The zero-order valence-electron chi connectivity index (χ0n) is 13.2. The van der Waals surface area contributed by atoms with Crippen LogP contribution in [0.3, 0.4) is 0 Å². The molecule has 2 atom stereocenters. The Morgan fingerprint density at radius 3 is 3.00 bits per heavy atom. The van der Waals surface area contributed by atoms with E-state index in [0.717, 1.165) is 18.5 Å². The first kappa shape index (κ1) is 15.5. The van der Waals surface area contributed by atoms with Gasteiger partial charge in [0, 0.05) is 38.6 Å². The normalized spacial score (nSPS) is 24.2. The van der Waals surface area contributed by atoms with Gasteiger partial charge in [0.15, 0.2) is 0 Å². The fraction of sp³-hybridized carbons (Fsp3) is 0.471. The average molecular weight is 312 g/mol. The van der Waals surface area contributed by atoms with Gasteiger partial charge in [-0.1, -0.05) is 12.1 Å². The van der Waals surface area contributed by atoms with Crippen molar-refractivity contribution in [2.75, 3.05) is 19.6 Å². The third-order valence-electron chi connectivity index (χ3n) is 4.43. The summed E-state index contributed by atoms with van der Waals surface area (Å²) in [6.07, 6.45) is 0.806. The molecule has 0 spiro atoms. The summed E-state index contributed by atoms with van der Waals surface area (Å²) in [5.74, 6) is 0.0676. The summed E-state index contributed by atoms with van der Waals surface area (Å²) in [5.41, 5.74) is 1.68. The summed E-state index contributed by atoms with van der Waals surface area (Å²) in [6, 6.07) is 9.85. The van der Waals surface area contributed by atoms with Crippen molar-refractivity contribution in [3.63, 3.8) is 0 Å². The van der Waals surface area contributed by atoms with Gasteiger partial charge in [0.05, 0.1) is 18.2 Å². The van der Waals surface area contributed by atoms with Crippen molar-refractivity contribution in [1.29, 1.82) is 5.26 Å². The van der Waals surface area contributed by atoms with Crippen LogP contribution in [0.5, 0.6) is 0 Å². The minimum atomic E-state index is -0.0486. The van der Waals surface area contributed by atoms with Crippen molar-refractivity contribution < 1.29 is 9.59 Å². The van der Waals surface area contributed by atoms with Crippen molar-refractivity contribution in [2.45, 2.75) is 32.0 Å². The van der Waals surface area contributed by atoms with Crippen molar-refractivity contribution >= 4 is 11.8 Å². The first-order chi connectivity index (χ1) is 11.0. The molecule has 1 aromatic carbocycles. The number of hydrogen-bond donors (Lipinski definition) is 1. The van der Waals surface area contributed by atoms with Gasteiger partial charge in [-0.25, -0.2) is 0 Å². The fourth-order valence-electron chi connectivity index (χ4n) is 3.55. The van der Waals surface area contributed by atoms with Gasteiger partial charge in [-0.3, -0.25) is 14.5 Å². The lowest BCUT2D eigenvalue weighted by Gasteiger charge is -2.36. The Balaban J connectivity index is 1.65. The maximum absolute atomic E-state index is 12.4. The highest BCUT2D eigenvalue weighted by atomic mass is 16.2. The Kier molecular flexibility index (Phi) is 4.30. The van der Waals surface area contributed by atoms with E-state index in [2.05, 4.69) is 16.3 Å². The Bertz CT molecular complexity index is 667. The van der Waals surface area contributed by atoms with Gasteiger partial charge in [0.25, 0.3) is 0 Å². The number of nitriles is 1. The molecule has 2 saturated heterocycles. The van der Waals surface area contributed by atoms with E-state index >= 15 is 0 Å². The van der Waals surface area contributed by atoms with Gasteiger partial charge in [-0.05, 0) is 24.1 Å². The molecule has 6 heteroatoms. The first-order valence-electron chi connectivity index (χ1n) is 7.83. The molecule has 23 heavy (non-hydrogen) atoms. The number of nitrogens with zero attached hydrogens (tertiary/aromatic N) is 3. The summed E-state index contributed by atoms with van der Waals surface area (Å²) < 4.78 is 0. The Hall–Kier alpha value is -2.39. The van der Waals surface area contributed by atoms with E-state index in [1.807, 2.05) is 23.1 Å². The number of nitrogens with one attached hydrogen (secondary N) is 1. The topological polar surface area (TPSA) is 76.4 Å². The second-order valence-electron chi connectivity index (χ2n) is 6.31. The van der Waals surface area contributed by atoms with Gasteiger partial charge < -0.3 is 10.2 Å². The molecule has 120 valence electrons. The molecule has 2 aliphatic heterocycles. The lowest BCUT2D eigenvalue weighted by Crippen LogP contribution is -2.53. The molecular formula is C17H20N4O2. The van der Waals surface area contributed by atoms with E-state index in [-0.39, 0.29) is 23.9 Å². The smallest absolute Gasteiger partial charge is 0.237 e. The maximum Gasteiger partial charge on any atom is 0.237 e. The van der Waals surface area contributed by atoms with Crippen LogP contribution < -0.4 is 5.32 Å². The number of hydrogen-bond acceptors (Lipinski definition) is 4. The van der Waals surface area contributed by atoms with Crippen molar-refractivity contribution in [2.24, 2.45) is 0 Å². The monoisotopic (exact) mass is 312 g/mol. The molecule has 3 rings (SSSR count). The largest absolute Gasteiger partial charge is 0.352 e. The van der Waals surface area contributed by atoms with Crippen LogP contribution in [0.1, 0.15) is 24.5 Å². The Morgan fingerprint density at radius 2 is 2.26 bits per heavy atom. The highest BCUT2D eigenvalue weighted by molar-refractivity contribution is 5.80. The molecule has 0 aliphatic carbocycles. The maximum atomic E-state index is 12.4. The van der Waals surface area contributed by atoms with Crippen LogP contribution in [0.2, 0.25) is 0 Å². The van der Waals surface area contributed by atoms with E-state index in [9.17, 15) is 9.59 Å². The minimum absolute atomic E-state index is 0.0486. The van der Waals surface area contributed by atoms with E-state index in [4.69, 9.17) is 5.26 Å². The molecule has 2 heterocycles. The first-order valence-corrected chi connectivity index (χ1v) is 7.83. The minimum Gasteiger partial charge on any atom is -0.352 e. The standard InChI is InChI=1S/C17H20N4O2/c1-12(22)19-15-6-16-10-20(11-17(23)21(16)9-15)8-14-4-2-3-13(5-14)7-18/h2-5,15-16H,6,8-11H2,1H3,(H,19,22)/t15-,16-/m0/s1. The van der Waals surface area contributed by atoms with Crippen molar-refractivity contribution in [3.05, 3.63) is 35.4 Å². The van der Waals surface area contributed by atoms with Crippen LogP contribution in [-0.2, 0) is 16.1 Å². The molecule has 1 N–H and O–H groups in total. The molecule has 1 aromatic rings. The summed E-state index contributed by atoms with van der Waals surface area (Å²) in [5, 5.41) is 11.9. The highest BCUT2D eigenvalue weighted by Gasteiger charge is 2.40. The second-order valence-corrected chi connectivity index (χ2v) is 6.31. The predicted molar refractivity (Wildman–Crippen MR) is 84.2 cm³/mol. The molecule has 2 fully saturated rings. The second kappa shape index (κ2) is 6.39. The summed E-state index contributed by atoms with van der Waals surface area (Å²) in [6.45, 7) is 3.98. The van der Waals surface area contributed by atoms with Crippen molar-refractivity contribution in [1.82, 2.24) is 15.1 Å². The van der Waals surface area contributed by atoms with E-state index in [0.29, 0.717) is 25.2 Å². The molecule has 0 bridgehead atoms. The van der Waals surface area contributed by atoms with Crippen LogP contribution in [0, 0.1) is 11.3 Å². The summed E-state index contributed by atoms with van der Waals surface area (Å²) in [7, 11) is 0. The number of benzene rings is 1. The summed E-state index contributed by atoms with van der Waals surface area (Å²) in [4.78, 5) is 27.6. The number of carbonyl (C=O) groups excluding carboxylic acids is 2. The van der Waals surface area contributed by atoms with Crippen molar-refractivity contribution in [3.8, 4) is 6.07 Å². The van der Waals surface area contributed by atoms with Crippen LogP contribution in [0.25, 0.3) is 0 Å². The zero-order valence-corrected chi connectivity index (χ0v) is 13.2. The quantitative estimate of drug-likeness (QED) is 0.881. The van der Waals surface area contributed by atoms with Crippen LogP contribution in [0.15, 0.2) is 24.3 Å². The molecule has 0 radical (unpaired) electrons. The van der Waals surface area contributed by atoms with Crippen LogP contribution in [0.4, 0.5) is 0 Å². The predicted octanol–water partition coefficient (Wildman–Crippen LogP) is 0.479. The van der Waals surface area contributed by atoms with Gasteiger partial charge in [0.1, 0.15) is 0 Å². The third kappa shape index (κ3) is 3.51. The molecule has 0 unspecified atom stereocenters. The lowest BCUT2D eigenvalue weighted by molar-refractivity contribution is -0.138. The molecule has 6 nitrogen and oxygen atoms in total.